The molecule has 0 aliphatic carbocycles. The van der Waals surface area contributed by atoms with Crippen molar-refractivity contribution in [2.24, 2.45) is 5.92 Å². The fourth-order valence-corrected chi connectivity index (χ4v) is 1.93. The van der Waals surface area contributed by atoms with Gasteiger partial charge in [-0.3, -0.25) is 9.59 Å². The van der Waals surface area contributed by atoms with E-state index in [9.17, 15) is 9.59 Å². The Balaban J connectivity index is 2.22. The highest BCUT2D eigenvalue weighted by Crippen LogP contribution is 2.28. The molecule has 2 fully saturated rings. The number of rotatable bonds is 0. The monoisotopic (exact) mass is 168 g/mol. The van der Waals surface area contributed by atoms with Gasteiger partial charge in [0.05, 0.1) is 5.92 Å². The first-order valence-corrected chi connectivity index (χ1v) is 4.50. The molecule has 2 heterocycles. The summed E-state index contributed by atoms with van der Waals surface area (Å²) in [7, 11) is 0. The van der Waals surface area contributed by atoms with Gasteiger partial charge in [0.25, 0.3) is 0 Å². The van der Waals surface area contributed by atoms with E-state index in [-0.39, 0.29) is 17.7 Å². The molecule has 2 rings (SSSR count). The molecular weight excluding hydrogens is 156 g/mol. The molecule has 3 nitrogen and oxygen atoms in total. The van der Waals surface area contributed by atoms with E-state index in [1.807, 2.05) is 0 Å². The van der Waals surface area contributed by atoms with E-state index in [0.717, 1.165) is 19.3 Å². The molecule has 0 N–H and O–H groups in total. The lowest BCUT2D eigenvalue weighted by atomic mass is 9.92. The topological polar surface area (TPSA) is 43.4 Å². The van der Waals surface area contributed by atoms with Crippen LogP contribution in [0, 0.1) is 5.92 Å². The van der Waals surface area contributed by atoms with Crippen molar-refractivity contribution < 1.29 is 14.3 Å². The molecule has 2 aliphatic rings. The molecule has 0 aromatic carbocycles. The first-order chi connectivity index (χ1) is 5.77. The normalized spacial score (nSPS) is 35.7. The Kier molecular flexibility index (Phi) is 1.87. The van der Waals surface area contributed by atoms with Crippen LogP contribution in [-0.2, 0) is 14.3 Å². The fourth-order valence-electron chi connectivity index (χ4n) is 1.93. The van der Waals surface area contributed by atoms with Crippen LogP contribution in [0.1, 0.15) is 32.1 Å². The van der Waals surface area contributed by atoms with Crippen LogP contribution < -0.4 is 0 Å². The average Bonchev–Trinajstić information content (AvgIpc) is 2.27. The largest absolute Gasteiger partial charge is 0.454 e. The number of hydrogen-bond acceptors (Lipinski definition) is 3. The standard InChI is InChI=1S/C9H12O3/c10-7-5-4-6-2-1-3-8(7)12-9(6)11/h6,8H,1-5H2/t6-,8+/m1/s1. The lowest BCUT2D eigenvalue weighted by Crippen LogP contribution is -2.23. The van der Waals surface area contributed by atoms with E-state index in [1.165, 1.54) is 0 Å². The fraction of sp³-hybridized carbons (Fsp3) is 0.778. The van der Waals surface area contributed by atoms with E-state index in [2.05, 4.69) is 0 Å². The van der Waals surface area contributed by atoms with Crippen LogP contribution in [0.4, 0.5) is 0 Å². The van der Waals surface area contributed by atoms with Gasteiger partial charge in [-0.1, -0.05) is 0 Å². The van der Waals surface area contributed by atoms with Crippen molar-refractivity contribution in [2.45, 2.75) is 38.2 Å². The van der Waals surface area contributed by atoms with Crippen LogP contribution in [-0.4, -0.2) is 17.9 Å². The number of carbonyl (C=O) groups is 2. The quantitative estimate of drug-likeness (QED) is 0.508. The van der Waals surface area contributed by atoms with E-state index in [4.69, 9.17) is 4.74 Å². The summed E-state index contributed by atoms with van der Waals surface area (Å²) in [6, 6.07) is 0. The predicted octanol–water partition coefficient (Wildman–Crippen LogP) is 1.06. The Bertz CT molecular complexity index is 222. The van der Waals surface area contributed by atoms with E-state index in [0.29, 0.717) is 12.8 Å². The molecule has 0 amide bonds. The van der Waals surface area contributed by atoms with Gasteiger partial charge in [0.1, 0.15) is 0 Å². The summed E-state index contributed by atoms with van der Waals surface area (Å²) in [4.78, 5) is 22.6. The molecule has 0 radical (unpaired) electrons. The summed E-state index contributed by atoms with van der Waals surface area (Å²) in [5.74, 6) is -0.0321. The third-order valence-corrected chi connectivity index (χ3v) is 2.71. The van der Waals surface area contributed by atoms with Crippen molar-refractivity contribution in [3.8, 4) is 0 Å². The van der Waals surface area contributed by atoms with Gasteiger partial charge < -0.3 is 4.74 Å². The highest BCUT2D eigenvalue weighted by molar-refractivity contribution is 5.88. The Morgan fingerprint density at radius 3 is 2.83 bits per heavy atom. The van der Waals surface area contributed by atoms with Gasteiger partial charge in [-0.05, 0) is 25.7 Å². The number of Topliss-reactive ketones (excluding diaryl/α,β-unsaturated/α-hetero) is 1. The van der Waals surface area contributed by atoms with Gasteiger partial charge in [0, 0.05) is 6.42 Å². The van der Waals surface area contributed by atoms with Crippen molar-refractivity contribution in [1.29, 1.82) is 0 Å². The molecule has 3 heteroatoms. The number of carbonyl (C=O) groups excluding carboxylic acids is 2. The summed E-state index contributed by atoms with van der Waals surface area (Å²) in [6.07, 6.45) is 3.41. The van der Waals surface area contributed by atoms with E-state index < -0.39 is 6.10 Å². The molecule has 0 unspecified atom stereocenters. The van der Waals surface area contributed by atoms with Crippen LogP contribution in [0.25, 0.3) is 0 Å². The van der Waals surface area contributed by atoms with Gasteiger partial charge in [-0.25, -0.2) is 0 Å². The minimum Gasteiger partial charge on any atom is -0.454 e. The van der Waals surface area contributed by atoms with Crippen molar-refractivity contribution in [1.82, 2.24) is 0 Å². The molecule has 12 heavy (non-hydrogen) atoms. The Morgan fingerprint density at radius 2 is 2.00 bits per heavy atom. The van der Waals surface area contributed by atoms with Crippen molar-refractivity contribution in [2.75, 3.05) is 0 Å². The maximum Gasteiger partial charge on any atom is 0.309 e. The third-order valence-electron chi connectivity index (χ3n) is 2.71. The van der Waals surface area contributed by atoms with Crippen molar-refractivity contribution in [3.05, 3.63) is 0 Å². The molecular formula is C9H12O3. The molecule has 0 saturated carbocycles. The Labute approximate surface area is 71.1 Å². The molecule has 0 aromatic rings. The highest BCUT2D eigenvalue weighted by atomic mass is 16.5. The maximum absolute atomic E-state index is 11.3. The molecule has 2 saturated heterocycles. The first-order valence-electron chi connectivity index (χ1n) is 4.50. The van der Waals surface area contributed by atoms with Crippen LogP contribution in [0.5, 0.6) is 0 Å². The summed E-state index contributed by atoms with van der Waals surface area (Å²) >= 11 is 0. The zero-order valence-electron chi connectivity index (χ0n) is 6.91. The maximum atomic E-state index is 11.3. The van der Waals surface area contributed by atoms with E-state index >= 15 is 0 Å². The van der Waals surface area contributed by atoms with Gasteiger partial charge in [0.15, 0.2) is 11.9 Å². The second-order valence-corrected chi connectivity index (χ2v) is 3.56. The highest BCUT2D eigenvalue weighted by Gasteiger charge is 2.35. The summed E-state index contributed by atoms with van der Waals surface area (Å²) in [5, 5.41) is 0. The molecule has 66 valence electrons. The van der Waals surface area contributed by atoms with Crippen LogP contribution >= 0.6 is 0 Å². The average molecular weight is 168 g/mol. The van der Waals surface area contributed by atoms with Gasteiger partial charge in [-0.2, -0.15) is 0 Å². The Morgan fingerprint density at radius 1 is 1.17 bits per heavy atom. The predicted molar refractivity (Wildman–Crippen MR) is 41.5 cm³/mol. The minimum absolute atomic E-state index is 0.00134. The number of ether oxygens (including phenoxy) is 1. The van der Waals surface area contributed by atoms with E-state index in [1.54, 1.807) is 0 Å². The second-order valence-electron chi connectivity index (χ2n) is 3.56. The zero-order chi connectivity index (χ0) is 8.55. The lowest BCUT2D eigenvalue weighted by molar-refractivity contribution is -0.154. The first kappa shape index (κ1) is 7.77. The number of ketones is 1. The smallest absolute Gasteiger partial charge is 0.309 e. The van der Waals surface area contributed by atoms with Crippen LogP contribution in [0.2, 0.25) is 0 Å². The molecule has 2 atom stereocenters. The summed E-state index contributed by atoms with van der Waals surface area (Å²) in [6.45, 7) is 0. The summed E-state index contributed by atoms with van der Waals surface area (Å²) in [5.41, 5.74) is 0. The Hall–Kier alpha value is -0.860. The second kappa shape index (κ2) is 2.88. The number of fused-ring (bicyclic) bond motifs is 3. The summed E-state index contributed by atoms with van der Waals surface area (Å²) < 4.78 is 5.06. The number of hydrogen-bond donors (Lipinski definition) is 0. The van der Waals surface area contributed by atoms with Crippen molar-refractivity contribution >= 4 is 11.8 Å². The van der Waals surface area contributed by atoms with Crippen LogP contribution in [0.3, 0.4) is 0 Å². The lowest BCUT2D eigenvalue weighted by Gasteiger charge is -2.10. The van der Waals surface area contributed by atoms with Gasteiger partial charge in [0.2, 0.25) is 0 Å². The SMILES string of the molecule is O=C1O[C@H]2CCC[C@@H]1CCC2=O. The number of esters is 1. The van der Waals surface area contributed by atoms with Gasteiger partial charge >= 0.3 is 5.97 Å². The molecule has 0 spiro atoms. The third kappa shape index (κ3) is 1.24. The van der Waals surface area contributed by atoms with Crippen molar-refractivity contribution in [3.63, 3.8) is 0 Å². The molecule has 2 bridgehead atoms. The molecule has 2 aliphatic heterocycles. The van der Waals surface area contributed by atoms with Crippen LogP contribution in [0.15, 0.2) is 0 Å². The van der Waals surface area contributed by atoms with Gasteiger partial charge in [-0.15, -0.1) is 0 Å². The minimum atomic E-state index is -0.412. The molecule has 0 aromatic heterocycles. The zero-order valence-corrected chi connectivity index (χ0v) is 6.91.